The molecule has 2 atom stereocenters. The van der Waals surface area contributed by atoms with Gasteiger partial charge in [-0.1, -0.05) is 0 Å². The molecule has 6 rings (SSSR count). The topological polar surface area (TPSA) is 0 Å². The van der Waals surface area contributed by atoms with Gasteiger partial charge in [0, 0.05) is 0 Å². The quantitative estimate of drug-likeness (QED) is 0.113. The first kappa shape index (κ1) is 34.7. The van der Waals surface area contributed by atoms with Crippen molar-refractivity contribution in [1.82, 2.24) is 0 Å². The van der Waals surface area contributed by atoms with Gasteiger partial charge in [0.2, 0.25) is 0 Å². The van der Waals surface area contributed by atoms with Crippen LogP contribution in [0.3, 0.4) is 0 Å². The standard InChI is InChI=1S/2C22H25.2ClH.Zr/c2*1-3-4-5-6-8-18-15-20-9-7-10-21(22(20)16-18)19-13-11-17(2)12-14-19;;;/h2*7,9-16H,3-6,8H2,1-2H3;2*1H;/q;;;;+2/p-2. The molecule has 0 radical (unpaired) electrons. The zero-order valence-corrected chi connectivity index (χ0v) is 32.7. The van der Waals surface area contributed by atoms with Gasteiger partial charge in [-0.15, -0.1) is 0 Å². The third kappa shape index (κ3) is 7.39. The van der Waals surface area contributed by atoms with Crippen molar-refractivity contribution in [2.24, 2.45) is 0 Å². The molecule has 3 heteroatoms. The molecule has 0 amide bonds. The molecule has 0 saturated carbocycles. The van der Waals surface area contributed by atoms with Crippen LogP contribution in [0.2, 0.25) is 0 Å². The number of hydrogen-bond acceptors (Lipinski definition) is 0. The van der Waals surface area contributed by atoms with Crippen molar-refractivity contribution < 1.29 is 17.9 Å². The van der Waals surface area contributed by atoms with E-state index < -0.39 is 17.9 Å². The van der Waals surface area contributed by atoms with Crippen LogP contribution in [0, 0.1) is 13.8 Å². The zero-order chi connectivity index (χ0) is 33.0. The Morgan fingerprint density at radius 3 is 1.30 bits per heavy atom. The zero-order valence-electron chi connectivity index (χ0n) is 28.7. The van der Waals surface area contributed by atoms with E-state index in [4.69, 9.17) is 17.0 Å². The SMILES string of the molecule is CCCCCCC1=Cc2c(-c3ccc(C)cc3)cccc2[CH]1[Zr]([Cl])([Cl])[CH]1C(CCCCCC)=Cc2c(-c3ccc(C)cc3)cccc21. The normalized spacial score (nSPS) is 17.0. The van der Waals surface area contributed by atoms with Gasteiger partial charge in [-0.3, -0.25) is 0 Å². The summed E-state index contributed by atoms with van der Waals surface area (Å²) >= 11 is -4.10. The second kappa shape index (κ2) is 15.6. The Hall–Kier alpha value is -2.18. The van der Waals surface area contributed by atoms with Crippen molar-refractivity contribution in [3.05, 3.63) is 129 Å². The summed E-state index contributed by atoms with van der Waals surface area (Å²) in [4.78, 5) is 0. The Kier molecular flexibility index (Phi) is 11.5. The summed E-state index contributed by atoms with van der Waals surface area (Å²) in [7, 11) is 16.4. The summed E-state index contributed by atoms with van der Waals surface area (Å²) in [5.41, 5.74) is 16.1. The van der Waals surface area contributed by atoms with Gasteiger partial charge in [0.05, 0.1) is 0 Å². The van der Waals surface area contributed by atoms with Gasteiger partial charge < -0.3 is 0 Å². The number of hydrogen-bond donors (Lipinski definition) is 0. The molecule has 4 aromatic rings. The summed E-state index contributed by atoms with van der Waals surface area (Å²) in [5, 5.41) is 0. The molecule has 2 aliphatic rings. The van der Waals surface area contributed by atoms with Gasteiger partial charge in [0.25, 0.3) is 0 Å². The molecule has 0 aromatic heterocycles. The van der Waals surface area contributed by atoms with Crippen molar-refractivity contribution in [2.45, 2.75) is 99.2 Å². The average molecular weight is 741 g/mol. The molecule has 2 aliphatic carbocycles. The number of aryl methyl sites for hydroxylation is 2. The van der Waals surface area contributed by atoms with Crippen LogP contribution in [0.1, 0.15) is 119 Å². The van der Waals surface area contributed by atoms with Gasteiger partial charge in [-0.2, -0.15) is 0 Å². The molecule has 0 nitrogen and oxygen atoms in total. The fourth-order valence-corrected chi connectivity index (χ4v) is 21.7. The van der Waals surface area contributed by atoms with Crippen LogP contribution in [-0.2, 0) is 17.9 Å². The van der Waals surface area contributed by atoms with Gasteiger partial charge in [-0.25, -0.2) is 0 Å². The van der Waals surface area contributed by atoms with Crippen LogP contribution >= 0.6 is 17.0 Å². The fraction of sp³-hybridized carbons (Fsp3) is 0.364. The van der Waals surface area contributed by atoms with Gasteiger partial charge in [-0.05, 0) is 0 Å². The van der Waals surface area contributed by atoms with Gasteiger partial charge in [0.1, 0.15) is 0 Å². The molecule has 4 aromatic carbocycles. The summed E-state index contributed by atoms with van der Waals surface area (Å²) in [6.07, 6.45) is 17.1. The number of fused-ring (bicyclic) bond motifs is 2. The number of halogens is 2. The summed E-state index contributed by atoms with van der Waals surface area (Å²) in [6, 6.07) is 31.7. The molecular weight excluding hydrogens is 691 g/mol. The van der Waals surface area contributed by atoms with Crippen molar-refractivity contribution in [3.8, 4) is 22.3 Å². The predicted molar refractivity (Wildman–Crippen MR) is 204 cm³/mol. The van der Waals surface area contributed by atoms with E-state index in [1.54, 1.807) is 0 Å². The Morgan fingerprint density at radius 1 is 0.511 bits per heavy atom. The fourth-order valence-electron chi connectivity index (χ4n) is 7.92. The molecule has 244 valence electrons. The Labute approximate surface area is 295 Å². The van der Waals surface area contributed by atoms with Crippen molar-refractivity contribution >= 4 is 29.2 Å². The number of allylic oxidation sites excluding steroid dienone is 2. The second-order valence-electron chi connectivity index (χ2n) is 13.9. The first-order chi connectivity index (χ1) is 22.8. The third-order valence-corrected chi connectivity index (χ3v) is 22.7. The third-order valence-electron chi connectivity index (χ3n) is 10.4. The summed E-state index contributed by atoms with van der Waals surface area (Å²) in [5.74, 6) is 0. The maximum atomic E-state index is 8.21. The first-order valence-corrected chi connectivity index (χ1v) is 27.2. The van der Waals surface area contributed by atoms with E-state index in [1.807, 2.05) is 0 Å². The van der Waals surface area contributed by atoms with Crippen LogP contribution in [0.5, 0.6) is 0 Å². The number of benzene rings is 4. The van der Waals surface area contributed by atoms with Crippen LogP contribution in [0.15, 0.2) is 96.1 Å². The van der Waals surface area contributed by atoms with Crippen LogP contribution in [0.25, 0.3) is 34.4 Å². The molecule has 0 bridgehead atoms. The molecule has 2 unspecified atom stereocenters. The van der Waals surface area contributed by atoms with E-state index in [-0.39, 0.29) is 7.25 Å². The number of unbranched alkanes of at least 4 members (excludes halogenated alkanes) is 6. The minimum absolute atomic E-state index is 0.132. The average Bonchev–Trinajstić information content (AvgIpc) is 3.65. The molecule has 0 fully saturated rings. The monoisotopic (exact) mass is 738 g/mol. The molecule has 0 spiro atoms. The molecule has 0 N–H and O–H groups in total. The van der Waals surface area contributed by atoms with E-state index in [0.29, 0.717) is 0 Å². The van der Waals surface area contributed by atoms with Crippen molar-refractivity contribution in [2.75, 3.05) is 0 Å². The summed E-state index contributed by atoms with van der Waals surface area (Å²) < 4.78 is 0.264. The maximum absolute atomic E-state index is 8.21. The van der Waals surface area contributed by atoms with E-state index in [9.17, 15) is 0 Å². The van der Waals surface area contributed by atoms with E-state index in [2.05, 4.69) is 125 Å². The molecule has 47 heavy (non-hydrogen) atoms. The summed E-state index contributed by atoms with van der Waals surface area (Å²) in [6.45, 7) is 8.89. The van der Waals surface area contributed by atoms with E-state index in [0.717, 1.165) is 12.8 Å². The Morgan fingerprint density at radius 2 is 0.915 bits per heavy atom. The van der Waals surface area contributed by atoms with Crippen LogP contribution in [-0.4, -0.2) is 0 Å². The number of rotatable bonds is 14. The van der Waals surface area contributed by atoms with Gasteiger partial charge >= 0.3 is 298 Å². The second-order valence-corrected chi connectivity index (χ2v) is 28.6. The van der Waals surface area contributed by atoms with Crippen LogP contribution in [0.4, 0.5) is 0 Å². The molecule has 0 saturated heterocycles. The van der Waals surface area contributed by atoms with E-state index >= 15 is 0 Å². The molecule has 0 aliphatic heterocycles. The van der Waals surface area contributed by atoms with Crippen molar-refractivity contribution in [3.63, 3.8) is 0 Å². The first-order valence-electron chi connectivity index (χ1n) is 18.0. The van der Waals surface area contributed by atoms with E-state index in [1.165, 1.54) is 118 Å². The molecular formula is C44H50Cl2Zr. The Bertz CT molecular complexity index is 1610. The van der Waals surface area contributed by atoms with Crippen LogP contribution < -0.4 is 0 Å². The predicted octanol–water partition coefficient (Wildman–Crippen LogP) is 14.6. The Balaban J connectivity index is 1.45. The van der Waals surface area contributed by atoms with Crippen molar-refractivity contribution in [1.29, 1.82) is 0 Å². The molecule has 0 heterocycles. The minimum atomic E-state index is -4.10. The van der Waals surface area contributed by atoms with Gasteiger partial charge in [0.15, 0.2) is 0 Å².